The van der Waals surface area contributed by atoms with Gasteiger partial charge in [0.1, 0.15) is 11.5 Å². The Morgan fingerprint density at radius 1 is 1.04 bits per heavy atom. The van der Waals surface area contributed by atoms with Gasteiger partial charge < -0.3 is 14.4 Å². The van der Waals surface area contributed by atoms with Gasteiger partial charge in [0.25, 0.3) is 5.91 Å². The Morgan fingerprint density at radius 3 is 2.52 bits per heavy atom. The van der Waals surface area contributed by atoms with Crippen molar-refractivity contribution in [3.05, 3.63) is 59.7 Å². The Bertz CT molecular complexity index is 803. The van der Waals surface area contributed by atoms with E-state index in [0.29, 0.717) is 29.2 Å². The quantitative estimate of drug-likeness (QED) is 0.725. The minimum atomic E-state index is -0.102. The van der Waals surface area contributed by atoms with Crippen molar-refractivity contribution in [2.75, 3.05) is 20.8 Å². The van der Waals surface area contributed by atoms with Gasteiger partial charge in [0.2, 0.25) is 0 Å². The predicted molar refractivity (Wildman–Crippen MR) is 104 cm³/mol. The van der Waals surface area contributed by atoms with Crippen LogP contribution in [0.4, 0.5) is 0 Å². The zero-order valence-electron chi connectivity index (χ0n) is 15.8. The second kappa shape index (κ2) is 8.71. The number of ketones is 1. The fourth-order valence-electron chi connectivity index (χ4n) is 3.58. The topological polar surface area (TPSA) is 55.8 Å². The van der Waals surface area contributed by atoms with Crippen molar-refractivity contribution in [3.63, 3.8) is 0 Å². The van der Waals surface area contributed by atoms with Crippen LogP contribution in [0.3, 0.4) is 0 Å². The van der Waals surface area contributed by atoms with E-state index in [9.17, 15) is 9.59 Å². The molecule has 1 aliphatic heterocycles. The van der Waals surface area contributed by atoms with E-state index in [2.05, 4.69) is 0 Å². The number of Topliss-reactive ketones (excluding diaryl/α,β-unsaturated/α-hetero) is 1. The first-order valence-corrected chi connectivity index (χ1v) is 9.25. The van der Waals surface area contributed by atoms with E-state index in [1.807, 2.05) is 35.2 Å². The number of amides is 1. The highest BCUT2D eigenvalue weighted by atomic mass is 16.5. The number of likely N-dealkylation sites (tertiary alicyclic amines) is 1. The molecule has 0 saturated carbocycles. The van der Waals surface area contributed by atoms with Crippen LogP contribution in [0.25, 0.3) is 0 Å². The van der Waals surface area contributed by atoms with Crippen LogP contribution in [-0.4, -0.2) is 43.4 Å². The lowest BCUT2D eigenvalue weighted by atomic mass is 9.94. The Morgan fingerprint density at radius 2 is 1.81 bits per heavy atom. The van der Waals surface area contributed by atoms with E-state index in [4.69, 9.17) is 9.47 Å². The lowest BCUT2D eigenvalue weighted by Crippen LogP contribution is -2.44. The average molecular weight is 367 g/mol. The molecular formula is C22H25NO4. The number of ether oxygens (including phenoxy) is 2. The van der Waals surface area contributed by atoms with Crippen LogP contribution in [0, 0.1) is 0 Å². The molecule has 0 bridgehead atoms. The highest BCUT2D eigenvalue weighted by molar-refractivity contribution is 6.00. The molecule has 2 aromatic rings. The van der Waals surface area contributed by atoms with Crippen molar-refractivity contribution < 1.29 is 19.1 Å². The molecule has 1 saturated heterocycles. The molecule has 0 spiro atoms. The van der Waals surface area contributed by atoms with E-state index in [-0.39, 0.29) is 24.2 Å². The molecule has 2 aromatic carbocycles. The monoisotopic (exact) mass is 367 g/mol. The fourth-order valence-corrected chi connectivity index (χ4v) is 3.58. The Labute approximate surface area is 159 Å². The number of carbonyl (C=O) groups is 2. The molecule has 1 fully saturated rings. The van der Waals surface area contributed by atoms with Crippen molar-refractivity contribution in [1.82, 2.24) is 4.90 Å². The number of rotatable bonds is 6. The number of carbonyl (C=O) groups excluding carboxylic acids is 2. The minimum absolute atomic E-state index is 0.00860. The summed E-state index contributed by atoms with van der Waals surface area (Å²) in [5.41, 5.74) is 1.16. The van der Waals surface area contributed by atoms with Crippen molar-refractivity contribution in [1.29, 1.82) is 0 Å². The van der Waals surface area contributed by atoms with E-state index in [0.717, 1.165) is 19.3 Å². The van der Waals surface area contributed by atoms with Gasteiger partial charge in [-0.3, -0.25) is 9.59 Å². The first-order valence-electron chi connectivity index (χ1n) is 9.25. The number of nitrogens with zero attached hydrogens (tertiary/aromatic N) is 1. The summed E-state index contributed by atoms with van der Waals surface area (Å²) in [6.45, 7) is 0.681. The highest BCUT2D eigenvalue weighted by Gasteiger charge is 2.30. The third-order valence-corrected chi connectivity index (χ3v) is 5.04. The molecule has 0 N–H and O–H groups in total. The average Bonchev–Trinajstić information content (AvgIpc) is 2.73. The van der Waals surface area contributed by atoms with E-state index in [1.54, 1.807) is 32.4 Å². The van der Waals surface area contributed by atoms with Gasteiger partial charge in [-0.1, -0.05) is 18.2 Å². The van der Waals surface area contributed by atoms with Crippen LogP contribution in [0.5, 0.6) is 11.5 Å². The molecule has 1 heterocycles. The van der Waals surface area contributed by atoms with Crippen molar-refractivity contribution in [3.8, 4) is 11.5 Å². The van der Waals surface area contributed by atoms with Crippen molar-refractivity contribution >= 4 is 11.7 Å². The first kappa shape index (κ1) is 19.0. The summed E-state index contributed by atoms with van der Waals surface area (Å²) in [4.78, 5) is 27.8. The van der Waals surface area contributed by atoms with Crippen LogP contribution in [0.15, 0.2) is 48.5 Å². The second-order valence-corrected chi connectivity index (χ2v) is 6.71. The van der Waals surface area contributed by atoms with Gasteiger partial charge in [0, 0.05) is 24.6 Å². The smallest absolute Gasteiger partial charge is 0.254 e. The molecule has 0 aliphatic carbocycles. The summed E-state index contributed by atoms with van der Waals surface area (Å²) in [6, 6.07) is 14.4. The molecule has 0 unspecified atom stereocenters. The zero-order chi connectivity index (χ0) is 19.2. The summed E-state index contributed by atoms with van der Waals surface area (Å²) < 4.78 is 10.6. The summed E-state index contributed by atoms with van der Waals surface area (Å²) in [5, 5.41) is 0. The van der Waals surface area contributed by atoms with Crippen LogP contribution < -0.4 is 9.47 Å². The minimum Gasteiger partial charge on any atom is -0.497 e. The maximum absolute atomic E-state index is 13.0. The second-order valence-electron chi connectivity index (χ2n) is 6.71. The van der Waals surface area contributed by atoms with Gasteiger partial charge in [-0.2, -0.15) is 0 Å². The first-order chi connectivity index (χ1) is 13.1. The molecule has 5 nitrogen and oxygen atoms in total. The zero-order valence-corrected chi connectivity index (χ0v) is 15.8. The maximum atomic E-state index is 13.0. The van der Waals surface area contributed by atoms with Gasteiger partial charge in [0.05, 0.1) is 19.8 Å². The summed E-state index contributed by atoms with van der Waals surface area (Å²) in [5.74, 6) is 1.09. The number of hydrogen-bond acceptors (Lipinski definition) is 4. The number of hydrogen-bond donors (Lipinski definition) is 0. The van der Waals surface area contributed by atoms with Gasteiger partial charge in [-0.05, 0) is 49.6 Å². The van der Waals surface area contributed by atoms with Crippen molar-refractivity contribution in [2.45, 2.75) is 31.7 Å². The Hall–Kier alpha value is -2.82. The predicted octanol–water partition coefficient (Wildman–Crippen LogP) is 3.97. The van der Waals surface area contributed by atoms with Gasteiger partial charge in [-0.25, -0.2) is 0 Å². The third kappa shape index (κ3) is 4.30. The molecule has 0 aromatic heterocycles. The summed E-state index contributed by atoms with van der Waals surface area (Å²) in [7, 11) is 3.11. The molecule has 27 heavy (non-hydrogen) atoms. The van der Waals surface area contributed by atoms with E-state index in [1.165, 1.54) is 0 Å². The maximum Gasteiger partial charge on any atom is 0.254 e. The van der Waals surface area contributed by atoms with Crippen LogP contribution >= 0.6 is 0 Å². The normalized spacial score (nSPS) is 16.7. The lowest BCUT2D eigenvalue weighted by Gasteiger charge is -2.35. The molecule has 1 amide bonds. The lowest BCUT2D eigenvalue weighted by molar-refractivity contribution is 0.0588. The Balaban J connectivity index is 1.80. The van der Waals surface area contributed by atoms with Crippen LogP contribution in [-0.2, 0) is 0 Å². The molecular weight excluding hydrogens is 342 g/mol. The van der Waals surface area contributed by atoms with Gasteiger partial charge in [-0.15, -0.1) is 0 Å². The van der Waals surface area contributed by atoms with Gasteiger partial charge in [0.15, 0.2) is 5.78 Å². The van der Waals surface area contributed by atoms with Gasteiger partial charge >= 0.3 is 0 Å². The standard InChI is InChI=1S/C22H25NO4/c1-26-18-11-12-21(27-2)19(15-18)20(24)14-17-10-6-7-13-23(17)22(25)16-8-4-3-5-9-16/h3-5,8-9,11-12,15,17H,6-7,10,13-14H2,1-2H3/t17-/m0/s1. The number of methoxy groups -OCH3 is 2. The third-order valence-electron chi connectivity index (χ3n) is 5.04. The van der Waals surface area contributed by atoms with E-state index >= 15 is 0 Å². The molecule has 0 radical (unpaired) electrons. The molecule has 142 valence electrons. The SMILES string of the molecule is COc1ccc(OC)c(C(=O)C[C@@H]2CCCCN2C(=O)c2ccccc2)c1. The van der Waals surface area contributed by atoms with Crippen LogP contribution in [0.1, 0.15) is 46.4 Å². The van der Waals surface area contributed by atoms with Crippen LogP contribution in [0.2, 0.25) is 0 Å². The van der Waals surface area contributed by atoms with Crippen molar-refractivity contribution in [2.24, 2.45) is 0 Å². The summed E-state index contributed by atoms with van der Waals surface area (Å²) in [6.07, 6.45) is 3.09. The Kier molecular flexibility index (Phi) is 6.12. The number of piperidine rings is 1. The molecule has 5 heteroatoms. The molecule has 1 aliphatic rings. The molecule has 1 atom stereocenters. The summed E-state index contributed by atoms with van der Waals surface area (Å²) >= 11 is 0. The highest BCUT2D eigenvalue weighted by Crippen LogP contribution is 2.28. The number of benzene rings is 2. The molecule has 3 rings (SSSR count). The fraction of sp³-hybridized carbons (Fsp3) is 0.364. The largest absolute Gasteiger partial charge is 0.497 e. The van der Waals surface area contributed by atoms with E-state index < -0.39 is 0 Å².